The number of carboxylic acids is 2. The van der Waals surface area contributed by atoms with Crippen molar-refractivity contribution in [3.8, 4) is 5.75 Å². The second kappa shape index (κ2) is 22.6. The summed E-state index contributed by atoms with van der Waals surface area (Å²) in [5.41, 5.74) is 5.86. The molecule has 1 aromatic rings. The van der Waals surface area contributed by atoms with E-state index in [9.17, 15) is 58.5 Å². The summed E-state index contributed by atoms with van der Waals surface area (Å²) in [5, 5.41) is 41.1. The fourth-order valence-electron chi connectivity index (χ4n) is 6.28. The van der Waals surface area contributed by atoms with E-state index < -0.39 is 103 Å². The zero-order valence-electron chi connectivity index (χ0n) is 31.4. The highest BCUT2D eigenvalue weighted by Gasteiger charge is 2.35. The summed E-state index contributed by atoms with van der Waals surface area (Å²) < 4.78 is 0. The molecule has 18 heteroatoms. The second-order valence-electron chi connectivity index (χ2n) is 14.3. The van der Waals surface area contributed by atoms with Crippen molar-refractivity contribution in [3.05, 3.63) is 29.8 Å². The number of nitrogens with one attached hydrogen (secondary N) is 5. The molecule has 0 heterocycles. The minimum atomic E-state index is -1.57. The van der Waals surface area contributed by atoms with Crippen molar-refractivity contribution in [2.24, 2.45) is 23.5 Å². The van der Waals surface area contributed by atoms with Gasteiger partial charge in [-0.25, -0.2) is 0 Å². The molecule has 0 radical (unpaired) electrons. The Morgan fingerprint density at radius 3 is 1.71 bits per heavy atom. The van der Waals surface area contributed by atoms with Crippen LogP contribution < -0.4 is 32.3 Å². The lowest BCUT2D eigenvalue weighted by atomic mass is 9.96. The van der Waals surface area contributed by atoms with E-state index in [1.165, 1.54) is 24.3 Å². The number of amides is 6. The number of carbonyl (C=O) groups excluding carboxylic acids is 7. The monoisotopic (exact) mass is 774 g/mol. The molecule has 1 fully saturated rings. The molecule has 55 heavy (non-hydrogen) atoms. The highest BCUT2D eigenvalue weighted by molar-refractivity contribution is 5.96. The van der Waals surface area contributed by atoms with Gasteiger partial charge in [0.2, 0.25) is 35.4 Å². The zero-order valence-corrected chi connectivity index (χ0v) is 31.4. The lowest BCUT2D eigenvalue weighted by molar-refractivity contribution is -0.140. The third-order valence-electron chi connectivity index (χ3n) is 9.34. The van der Waals surface area contributed by atoms with Gasteiger partial charge in [-0.15, -0.1) is 0 Å². The Morgan fingerprint density at radius 2 is 1.22 bits per heavy atom. The fourth-order valence-corrected chi connectivity index (χ4v) is 6.28. The van der Waals surface area contributed by atoms with Gasteiger partial charge in [0.15, 0.2) is 0 Å². The van der Waals surface area contributed by atoms with E-state index in [1.54, 1.807) is 13.8 Å². The van der Waals surface area contributed by atoms with Crippen LogP contribution in [0.3, 0.4) is 0 Å². The summed E-state index contributed by atoms with van der Waals surface area (Å²) in [6.45, 7) is 5.44. The first-order valence-corrected chi connectivity index (χ1v) is 18.4. The summed E-state index contributed by atoms with van der Waals surface area (Å²) >= 11 is 0. The molecule has 18 nitrogen and oxygen atoms in total. The normalized spacial score (nSPS) is 17.7. The Morgan fingerprint density at radius 1 is 0.727 bits per heavy atom. The van der Waals surface area contributed by atoms with E-state index in [2.05, 4.69) is 26.6 Å². The lowest BCUT2D eigenvalue weighted by Gasteiger charge is -2.28. The maximum atomic E-state index is 13.9. The molecule has 1 aliphatic carbocycles. The van der Waals surface area contributed by atoms with Crippen molar-refractivity contribution in [2.45, 2.75) is 122 Å². The molecule has 1 aromatic carbocycles. The molecule has 1 aliphatic rings. The zero-order chi connectivity index (χ0) is 41.2. The van der Waals surface area contributed by atoms with Crippen LogP contribution in [0.15, 0.2) is 24.3 Å². The number of aromatic hydroxyl groups is 1. The number of phenolic OH excluding ortho intramolecular Hbond substituents is 1. The Bertz CT molecular complexity index is 1530. The van der Waals surface area contributed by atoms with Crippen molar-refractivity contribution in [1.82, 2.24) is 26.6 Å². The lowest BCUT2D eigenvalue weighted by Crippen LogP contribution is -2.59. The molecule has 0 spiro atoms. The Balaban J connectivity index is 2.40. The van der Waals surface area contributed by atoms with E-state index in [4.69, 9.17) is 5.73 Å². The first-order chi connectivity index (χ1) is 25.9. The molecule has 7 atom stereocenters. The van der Waals surface area contributed by atoms with Crippen molar-refractivity contribution in [2.75, 3.05) is 0 Å². The van der Waals surface area contributed by atoms with Crippen LogP contribution in [0.5, 0.6) is 5.75 Å². The number of rotatable bonds is 24. The quantitative estimate of drug-likeness (QED) is 0.0629. The molecule has 10 N–H and O–H groups in total. The predicted molar refractivity (Wildman–Crippen MR) is 196 cm³/mol. The highest BCUT2D eigenvalue weighted by atomic mass is 16.4. The SMILES string of the molecule is CC(C)C[C@H](NC(=O)[C@H](Cc1ccc(O)cc1)NC(=O)[C@H](CCC(=O)O)NC(=O)[C@H](CCC(=O)O)NC(=O)C1CCCC1C)C(=O)N[C@@H](CCC=O)C(N)=O. The van der Waals surface area contributed by atoms with E-state index in [0.29, 0.717) is 18.3 Å². The van der Waals surface area contributed by atoms with Gasteiger partial charge in [-0.05, 0) is 68.1 Å². The number of hydrogen-bond donors (Lipinski definition) is 9. The third kappa shape index (κ3) is 16.2. The summed E-state index contributed by atoms with van der Waals surface area (Å²) in [6, 6.07) is -1.19. The Labute approximate surface area is 319 Å². The molecule has 0 bridgehead atoms. The van der Waals surface area contributed by atoms with Crippen LogP contribution in [0, 0.1) is 17.8 Å². The Kier molecular flexibility index (Phi) is 18.8. The second-order valence-corrected chi connectivity index (χ2v) is 14.3. The van der Waals surface area contributed by atoms with Crippen LogP contribution in [0.2, 0.25) is 0 Å². The molecule has 0 aromatic heterocycles. The fraction of sp³-hybridized carbons (Fsp3) is 0.595. The molecule has 6 amide bonds. The van der Waals surface area contributed by atoms with Gasteiger partial charge in [0.05, 0.1) is 0 Å². The molecular weight excluding hydrogens is 720 g/mol. The number of primary amides is 1. The number of aldehydes is 1. The average Bonchev–Trinajstić information content (AvgIpc) is 3.55. The average molecular weight is 775 g/mol. The van der Waals surface area contributed by atoms with Crippen molar-refractivity contribution in [3.63, 3.8) is 0 Å². The topological polar surface area (TPSA) is 300 Å². The first kappa shape index (κ1) is 45.6. The minimum absolute atomic E-state index is 0.0344. The number of aliphatic carboxylic acids is 2. The standard InChI is InChI=1S/C37H54N6O12/c1-20(2)18-28(36(54)39-25(32(38)50)8-5-17-44)42-37(55)29(19-22-9-11-23(45)12-10-22)43-35(53)27(14-16-31(48)49)41-34(52)26(13-15-30(46)47)40-33(51)24-7-4-6-21(24)3/h9-12,17,20-21,24-29,45H,4-8,13-16,18-19H2,1-3H3,(H2,38,50)(H,39,54)(H,40,51)(H,41,52)(H,42,55)(H,43,53)(H,46,47)(H,48,49)/t21?,24?,25-,26-,27-,28-,29-/m0/s1. The van der Waals surface area contributed by atoms with Crippen molar-refractivity contribution >= 4 is 53.7 Å². The highest BCUT2D eigenvalue weighted by Crippen LogP contribution is 2.31. The molecule has 0 saturated heterocycles. The van der Waals surface area contributed by atoms with Gasteiger partial charge in [-0.2, -0.15) is 0 Å². The van der Waals surface area contributed by atoms with Crippen LogP contribution in [-0.2, 0) is 49.6 Å². The van der Waals surface area contributed by atoms with E-state index in [0.717, 1.165) is 12.8 Å². The largest absolute Gasteiger partial charge is 0.508 e. The van der Waals surface area contributed by atoms with Gasteiger partial charge in [0.1, 0.15) is 42.2 Å². The van der Waals surface area contributed by atoms with Crippen molar-refractivity contribution in [1.29, 1.82) is 0 Å². The number of phenols is 1. The van der Waals surface area contributed by atoms with Crippen LogP contribution >= 0.6 is 0 Å². The maximum Gasteiger partial charge on any atom is 0.303 e. The van der Waals surface area contributed by atoms with Crippen LogP contribution in [-0.4, -0.2) is 99.2 Å². The van der Waals surface area contributed by atoms with Gasteiger partial charge in [0.25, 0.3) is 0 Å². The number of carboxylic acid groups (broad SMARTS) is 2. The molecule has 2 unspecified atom stereocenters. The molecule has 1 saturated carbocycles. The van der Waals surface area contributed by atoms with Gasteiger partial charge >= 0.3 is 11.9 Å². The number of benzene rings is 1. The number of nitrogens with two attached hydrogens (primary N) is 1. The third-order valence-corrected chi connectivity index (χ3v) is 9.34. The van der Waals surface area contributed by atoms with Gasteiger partial charge in [-0.3, -0.25) is 38.4 Å². The molecule has 2 rings (SSSR count). The molecule has 0 aliphatic heterocycles. The predicted octanol–water partition coefficient (Wildman–Crippen LogP) is 0.0350. The van der Waals surface area contributed by atoms with E-state index >= 15 is 0 Å². The van der Waals surface area contributed by atoms with E-state index in [-0.39, 0.29) is 49.7 Å². The van der Waals surface area contributed by atoms with Crippen LogP contribution in [0.4, 0.5) is 0 Å². The summed E-state index contributed by atoms with van der Waals surface area (Å²) in [5.74, 6) is -8.06. The van der Waals surface area contributed by atoms with Crippen LogP contribution in [0.1, 0.15) is 90.5 Å². The van der Waals surface area contributed by atoms with E-state index in [1.807, 2.05) is 6.92 Å². The summed E-state index contributed by atoms with van der Waals surface area (Å²) in [6.07, 6.45) is 0.622. The smallest absolute Gasteiger partial charge is 0.303 e. The summed E-state index contributed by atoms with van der Waals surface area (Å²) in [4.78, 5) is 114. The number of carbonyl (C=O) groups is 9. The Hall–Kier alpha value is -5.55. The first-order valence-electron chi connectivity index (χ1n) is 18.4. The van der Waals surface area contributed by atoms with Gasteiger partial charge < -0.3 is 52.4 Å². The molecular formula is C37H54N6O12. The van der Waals surface area contributed by atoms with Crippen LogP contribution in [0.25, 0.3) is 0 Å². The van der Waals surface area contributed by atoms with Gasteiger partial charge in [-0.1, -0.05) is 39.3 Å². The minimum Gasteiger partial charge on any atom is -0.508 e. The maximum absolute atomic E-state index is 13.9. The number of hydrogen-bond acceptors (Lipinski definition) is 10. The summed E-state index contributed by atoms with van der Waals surface area (Å²) in [7, 11) is 0. The molecule has 304 valence electrons. The van der Waals surface area contributed by atoms with Gasteiger partial charge in [0, 0.05) is 31.6 Å². The van der Waals surface area contributed by atoms with Crippen molar-refractivity contribution < 1.29 is 58.5 Å².